The predicted molar refractivity (Wildman–Crippen MR) is 109 cm³/mol. The van der Waals surface area contributed by atoms with E-state index in [-0.39, 0.29) is 22.6 Å². The second-order valence-electron chi connectivity index (χ2n) is 6.50. The Morgan fingerprint density at radius 2 is 2.00 bits per heavy atom. The molecule has 31 heavy (non-hydrogen) atoms. The number of nitrogen functional groups attached to an aromatic ring is 1. The van der Waals surface area contributed by atoms with E-state index in [0.29, 0.717) is 4.57 Å². The first-order valence-electron chi connectivity index (χ1n) is 8.79. The van der Waals surface area contributed by atoms with Crippen LogP contribution in [0, 0.1) is 5.82 Å². The van der Waals surface area contributed by atoms with E-state index in [4.69, 9.17) is 22.4 Å². The van der Waals surface area contributed by atoms with Gasteiger partial charge in [-0.25, -0.2) is 4.39 Å². The Bertz CT molecular complexity index is 1100. The molecule has 1 aromatic heterocycles. The van der Waals surface area contributed by atoms with Gasteiger partial charge in [-0.05, 0) is 25.1 Å². The zero-order valence-corrected chi connectivity index (χ0v) is 16.9. The fourth-order valence-electron chi connectivity index (χ4n) is 2.56. The third-order valence-electron chi connectivity index (χ3n) is 4.20. The van der Waals surface area contributed by atoms with E-state index < -0.39 is 53.4 Å². The lowest BCUT2D eigenvalue weighted by Gasteiger charge is -2.18. The third-order valence-corrected chi connectivity index (χ3v) is 4.53. The van der Waals surface area contributed by atoms with E-state index in [2.05, 4.69) is 10.6 Å². The fourth-order valence-corrected chi connectivity index (χ4v) is 2.74. The van der Waals surface area contributed by atoms with Crippen molar-refractivity contribution in [1.82, 2.24) is 9.88 Å². The molecule has 1 heterocycles. The van der Waals surface area contributed by atoms with Crippen LogP contribution in [-0.2, 0) is 14.4 Å². The molecule has 0 aliphatic heterocycles. The molecule has 164 valence electrons. The number of halogens is 2. The number of pyridine rings is 1. The molecular formula is C19H18ClFN4O6. The highest BCUT2D eigenvalue weighted by molar-refractivity contribution is 6.33. The number of benzene rings is 1. The third kappa shape index (κ3) is 5.89. The van der Waals surface area contributed by atoms with Crippen LogP contribution in [0.2, 0.25) is 5.02 Å². The summed E-state index contributed by atoms with van der Waals surface area (Å²) in [6, 6.07) is 2.13. The number of nitrogens with two attached hydrogens (primary N) is 1. The molecule has 2 aromatic rings. The monoisotopic (exact) mass is 452 g/mol. The van der Waals surface area contributed by atoms with E-state index in [1.165, 1.54) is 25.1 Å². The topological polar surface area (TPSA) is 161 Å². The summed E-state index contributed by atoms with van der Waals surface area (Å²) >= 11 is 5.87. The summed E-state index contributed by atoms with van der Waals surface area (Å²) in [5, 5.41) is 13.3. The number of aldehydes is 1. The Labute approximate surface area is 179 Å². The molecule has 0 radical (unpaired) electrons. The Morgan fingerprint density at radius 1 is 1.32 bits per heavy atom. The van der Waals surface area contributed by atoms with Crippen molar-refractivity contribution < 1.29 is 28.7 Å². The van der Waals surface area contributed by atoms with E-state index in [0.717, 1.165) is 12.3 Å². The molecule has 2 atom stereocenters. The molecule has 12 heteroatoms. The molecule has 10 nitrogen and oxygen atoms in total. The van der Waals surface area contributed by atoms with Crippen molar-refractivity contribution in [2.45, 2.75) is 25.4 Å². The van der Waals surface area contributed by atoms with Crippen LogP contribution in [0.1, 0.15) is 29.7 Å². The van der Waals surface area contributed by atoms with Crippen LogP contribution in [0.25, 0.3) is 0 Å². The summed E-state index contributed by atoms with van der Waals surface area (Å²) in [6.45, 7) is 1.24. The molecule has 0 saturated heterocycles. The van der Waals surface area contributed by atoms with Crippen molar-refractivity contribution in [2.75, 3.05) is 11.1 Å². The predicted octanol–water partition coefficient (Wildman–Crippen LogP) is 1.19. The molecule has 2 rings (SSSR count). The zero-order valence-electron chi connectivity index (χ0n) is 16.1. The Balaban J connectivity index is 2.28. The van der Waals surface area contributed by atoms with Gasteiger partial charge < -0.3 is 26.3 Å². The maximum absolute atomic E-state index is 14.1. The van der Waals surface area contributed by atoms with Gasteiger partial charge in [-0.15, -0.1) is 0 Å². The van der Waals surface area contributed by atoms with Crippen LogP contribution in [0.4, 0.5) is 15.8 Å². The summed E-state index contributed by atoms with van der Waals surface area (Å²) in [5.41, 5.74) is 4.52. The first-order chi connectivity index (χ1) is 14.5. The number of rotatable bonds is 8. The highest BCUT2D eigenvalue weighted by Crippen LogP contribution is 2.20. The maximum Gasteiger partial charge on any atom is 0.305 e. The lowest BCUT2D eigenvalue weighted by molar-refractivity contribution is -0.139. The number of anilines is 2. The summed E-state index contributed by atoms with van der Waals surface area (Å²) < 4.78 is 14.8. The van der Waals surface area contributed by atoms with Crippen LogP contribution in [0.5, 0.6) is 0 Å². The minimum Gasteiger partial charge on any atom is -0.481 e. The van der Waals surface area contributed by atoms with Crippen LogP contribution < -0.4 is 21.9 Å². The van der Waals surface area contributed by atoms with Crippen molar-refractivity contribution in [1.29, 1.82) is 0 Å². The van der Waals surface area contributed by atoms with Gasteiger partial charge in [0, 0.05) is 17.8 Å². The van der Waals surface area contributed by atoms with Crippen molar-refractivity contribution >= 4 is 47.0 Å². The molecule has 0 fully saturated rings. The number of hydrogen-bond donors (Lipinski definition) is 4. The number of carboxylic acids is 1. The van der Waals surface area contributed by atoms with Crippen LogP contribution >= 0.6 is 11.6 Å². The molecule has 0 saturated carbocycles. The van der Waals surface area contributed by atoms with E-state index in [9.17, 15) is 28.4 Å². The lowest BCUT2D eigenvalue weighted by Crippen LogP contribution is -2.43. The Morgan fingerprint density at radius 3 is 2.58 bits per heavy atom. The zero-order chi connectivity index (χ0) is 23.3. The fraction of sp³-hybridized carbons (Fsp3) is 0.211. The number of aromatic nitrogens is 1. The quantitative estimate of drug-likeness (QED) is 0.345. The van der Waals surface area contributed by atoms with Crippen molar-refractivity contribution in [2.24, 2.45) is 0 Å². The molecule has 5 N–H and O–H groups in total. The van der Waals surface area contributed by atoms with Gasteiger partial charge in [0.1, 0.15) is 23.8 Å². The minimum atomic E-state index is -1.33. The summed E-state index contributed by atoms with van der Waals surface area (Å²) in [6.07, 6.45) is 0.317. The van der Waals surface area contributed by atoms with Gasteiger partial charge >= 0.3 is 5.97 Å². The largest absolute Gasteiger partial charge is 0.481 e. The van der Waals surface area contributed by atoms with Crippen LogP contribution in [-0.4, -0.2) is 39.8 Å². The van der Waals surface area contributed by atoms with Crippen molar-refractivity contribution in [3.05, 3.63) is 57.2 Å². The number of aliphatic carboxylic acids is 1. The highest BCUT2D eigenvalue weighted by Gasteiger charge is 2.23. The van der Waals surface area contributed by atoms with Gasteiger partial charge in [0.05, 0.1) is 23.2 Å². The molecule has 1 aromatic carbocycles. The first kappa shape index (κ1) is 23.5. The second-order valence-corrected chi connectivity index (χ2v) is 6.91. The van der Waals surface area contributed by atoms with Gasteiger partial charge in [0.15, 0.2) is 0 Å². The standard InChI is InChI=1S/C19H18ClFN4O6/c1-9(17(29)23-12(8-26)6-16(27)28)25-7-11(21)5-15(19(25)31)24-18(30)10-2-3-14(22)13(20)4-10/h2-5,7-9,12H,6,22H2,1H3,(H,23,29)(H,24,30)(H,27,28). The normalized spacial score (nSPS) is 12.5. The number of carbonyl (C=O) groups excluding carboxylic acids is 3. The molecule has 0 spiro atoms. The maximum atomic E-state index is 14.1. The number of nitrogens with one attached hydrogen (secondary N) is 2. The van der Waals surface area contributed by atoms with Gasteiger partial charge in [0.25, 0.3) is 11.5 Å². The number of carbonyl (C=O) groups is 4. The van der Waals surface area contributed by atoms with Gasteiger partial charge in [-0.1, -0.05) is 11.6 Å². The van der Waals surface area contributed by atoms with Crippen molar-refractivity contribution in [3.8, 4) is 0 Å². The van der Waals surface area contributed by atoms with Crippen LogP contribution in [0.3, 0.4) is 0 Å². The van der Waals surface area contributed by atoms with Gasteiger partial charge in [-0.3, -0.25) is 23.7 Å². The highest BCUT2D eigenvalue weighted by atomic mass is 35.5. The molecule has 0 bridgehead atoms. The molecule has 2 amide bonds. The molecular weight excluding hydrogens is 435 g/mol. The minimum absolute atomic E-state index is 0.0581. The second kappa shape index (κ2) is 9.85. The molecule has 0 aliphatic rings. The van der Waals surface area contributed by atoms with Crippen LogP contribution in [0.15, 0.2) is 35.3 Å². The molecule has 0 aliphatic carbocycles. The van der Waals surface area contributed by atoms with Gasteiger partial charge in [0.2, 0.25) is 5.91 Å². The SMILES string of the molecule is CC(C(=O)NC(C=O)CC(=O)O)n1cc(F)cc(NC(=O)c2ccc(N)c(Cl)c2)c1=O. The summed E-state index contributed by atoms with van der Waals surface area (Å²) in [5.74, 6) is -3.91. The number of carboxylic acid groups (broad SMARTS) is 1. The van der Waals surface area contributed by atoms with E-state index >= 15 is 0 Å². The number of hydrogen-bond acceptors (Lipinski definition) is 6. The van der Waals surface area contributed by atoms with Gasteiger partial charge in [-0.2, -0.15) is 0 Å². The number of nitrogens with zero attached hydrogens (tertiary/aromatic N) is 1. The van der Waals surface area contributed by atoms with E-state index in [1.54, 1.807) is 0 Å². The van der Waals surface area contributed by atoms with Crippen molar-refractivity contribution in [3.63, 3.8) is 0 Å². The Kier molecular flexibility index (Phi) is 7.48. The summed E-state index contributed by atoms with van der Waals surface area (Å²) in [7, 11) is 0. The average Bonchev–Trinajstić information content (AvgIpc) is 2.70. The number of amides is 2. The average molecular weight is 453 g/mol. The molecule has 2 unspecified atom stereocenters. The lowest BCUT2D eigenvalue weighted by atomic mass is 10.2. The first-order valence-corrected chi connectivity index (χ1v) is 9.16. The smallest absolute Gasteiger partial charge is 0.305 e. The van der Waals surface area contributed by atoms with E-state index in [1.807, 2.05) is 0 Å². The Hall–Kier alpha value is -3.73. The summed E-state index contributed by atoms with van der Waals surface area (Å²) in [4.78, 5) is 59.1.